The minimum absolute atomic E-state index is 0.218. The third-order valence-electron chi connectivity index (χ3n) is 5.21. The van der Waals surface area contributed by atoms with E-state index in [1.807, 2.05) is 66.9 Å². The monoisotopic (exact) mass is 480 g/mol. The number of aromatic nitrogens is 2. The van der Waals surface area contributed by atoms with Crippen LogP contribution in [0, 0.1) is 0 Å². The van der Waals surface area contributed by atoms with Gasteiger partial charge in [0, 0.05) is 38.0 Å². The molecule has 1 amide bonds. The van der Waals surface area contributed by atoms with E-state index >= 15 is 0 Å². The van der Waals surface area contributed by atoms with E-state index in [0.29, 0.717) is 6.54 Å². The van der Waals surface area contributed by atoms with E-state index in [9.17, 15) is 13.2 Å². The van der Waals surface area contributed by atoms with Gasteiger partial charge in [0.15, 0.2) is 0 Å². The molecule has 0 saturated carbocycles. The lowest BCUT2D eigenvalue weighted by molar-refractivity contribution is -0.130. The van der Waals surface area contributed by atoms with Crippen molar-refractivity contribution in [2.45, 2.75) is 10.8 Å². The van der Waals surface area contributed by atoms with Crippen LogP contribution in [0.5, 0.6) is 0 Å². The largest absolute Gasteiger partial charge is 0.340 e. The lowest BCUT2D eigenvalue weighted by Crippen LogP contribution is -2.38. The maximum Gasteiger partial charge on any atom is 0.252 e. The van der Waals surface area contributed by atoms with Crippen LogP contribution in [0.25, 0.3) is 16.9 Å². The van der Waals surface area contributed by atoms with Gasteiger partial charge in [0.1, 0.15) is 4.21 Å². The molecule has 0 saturated heterocycles. The number of hydrogen-bond acceptors (Lipinski definition) is 5. The van der Waals surface area contributed by atoms with Gasteiger partial charge in [0.2, 0.25) is 5.91 Å². The highest BCUT2D eigenvalue weighted by atomic mass is 32.2. The van der Waals surface area contributed by atoms with Crippen molar-refractivity contribution in [2.24, 2.45) is 0 Å². The van der Waals surface area contributed by atoms with Gasteiger partial charge in [-0.3, -0.25) is 4.79 Å². The van der Waals surface area contributed by atoms with Gasteiger partial charge in [-0.15, -0.1) is 11.3 Å². The van der Waals surface area contributed by atoms with Crippen molar-refractivity contribution in [2.75, 3.05) is 20.6 Å². The first-order valence-corrected chi connectivity index (χ1v) is 12.6. The van der Waals surface area contributed by atoms with E-state index in [-0.39, 0.29) is 16.7 Å². The van der Waals surface area contributed by atoms with E-state index < -0.39 is 10.0 Å². The zero-order valence-corrected chi connectivity index (χ0v) is 20.0. The number of benzene rings is 2. The Morgan fingerprint density at radius 1 is 0.970 bits per heavy atom. The molecule has 0 aliphatic heterocycles. The van der Waals surface area contributed by atoms with Gasteiger partial charge in [-0.25, -0.2) is 13.1 Å². The zero-order valence-electron chi connectivity index (χ0n) is 18.3. The first kappa shape index (κ1) is 22.9. The maximum absolute atomic E-state index is 12.9. The Morgan fingerprint density at radius 3 is 2.27 bits per heavy atom. The summed E-state index contributed by atoms with van der Waals surface area (Å²) >= 11 is 1.13. The van der Waals surface area contributed by atoms with Crippen LogP contribution in [0.2, 0.25) is 0 Å². The van der Waals surface area contributed by atoms with Crippen molar-refractivity contribution in [3.63, 3.8) is 0 Å². The summed E-state index contributed by atoms with van der Waals surface area (Å²) in [5.41, 5.74) is 3.50. The standard InChI is InChI=1S/C24H24N4O3S2/c1-26(22(29)18-27(2)33(30,31)23-14-9-15-32-23)16-20-17-28(21-12-7-4-8-13-21)25-24(20)19-10-5-3-6-11-19/h3-15,17H,16,18H2,1-2H3. The average molecular weight is 481 g/mol. The van der Waals surface area contributed by atoms with Gasteiger partial charge >= 0.3 is 0 Å². The Balaban J connectivity index is 1.56. The predicted octanol–water partition coefficient (Wildman–Crippen LogP) is 3.88. The van der Waals surface area contributed by atoms with Crippen LogP contribution < -0.4 is 0 Å². The van der Waals surface area contributed by atoms with Gasteiger partial charge in [-0.05, 0) is 23.6 Å². The summed E-state index contributed by atoms with van der Waals surface area (Å²) in [5.74, 6) is -0.302. The number of rotatable bonds is 8. The predicted molar refractivity (Wildman–Crippen MR) is 130 cm³/mol. The van der Waals surface area contributed by atoms with Crippen LogP contribution in [0.15, 0.2) is 88.6 Å². The number of sulfonamides is 1. The molecular weight excluding hydrogens is 456 g/mol. The van der Waals surface area contributed by atoms with Crippen molar-refractivity contribution < 1.29 is 13.2 Å². The highest BCUT2D eigenvalue weighted by molar-refractivity contribution is 7.91. The summed E-state index contributed by atoms with van der Waals surface area (Å²) in [6.07, 6.45) is 1.91. The molecule has 0 fully saturated rings. The Hall–Kier alpha value is -3.27. The first-order chi connectivity index (χ1) is 15.9. The first-order valence-electron chi connectivity index (χ1n) is 10.3. The summed E-state index contributed by atoms with van der Waals surface area (Å²) < 4.78 is 28.4. The number of hydrogen-bond donors (Lipinski definition) is 0. The Bertz CT molecular complexity index is 1320. The lowest BCUT2D eigenvalue weighted by atomic mass is 10.1. The number of likely N-dealkylation sites (N-methyl/N-ethyl adjacent to an activating group) is 2. The zero-order chi connectivity index (χ0) is 23.4. The van der Waals surface area contributed by atoms with Crippen LogP contribution in [0.3, 0.4) is 0 Å². The summed E-state index contributed by atoms with van der Waals surface area (Å²) in [4.78, 5) is 14.4. The number of carbonyl (C=O) groups excluding carboxylic acids is 1. The van der Waals surface area contributed by atoms with Crippen molar-refractivity contribution in [3.8, 4) is 16.9 Å². The smallest absolute Gasteiger partial charge is 0.252 e. The van der Waals surface area contributed by atoms with Crippen molar-refractivity contribution in [3.05, 3.63) is 89.9 Å². The van der Waals surface area contributed by atoms with Gasteiger partial charge < -0.3 is 4.90 Å². The Labute approximate surface area is 197 Å². The molecule has 9 heteroatoms. The van der Waals surface area contributed by atoms with E-state index in [2.05, 4.69) is 0 Å². The summed E-state index contributed by atoms with van der Waals surface area (Å²) in [7, 11) is -0.603. The molecule has 4 aromatic rings. The summed E-state index contributed by atoms with van der Waals surface area (Å²) in [6, 6.07) is 22.8. The van der Waals surface area contributed by atoms with Crippen LogP contribution in [-0.4, -0.2) is 54.0 Å². The summed E-state index contributed by atoms with van der Waals surface area (Å²) in [6.45, 7) is 0.0486. The van der Waals surface area contributed by atoms with Crippen LogP contribution in [-0.2, 0) is 21.4 Å². The molecule has 0 N–H and O–H groups in total. The second-order valence-electron chi connectivity index (χ2n) is 7.59. The van der Waals surface area contributed by atoms with Gasteiger partial charge in [0.25, 0.3) is 10.0 Å². The molecule has 0 atom stereocenters. The second-order valence-corrected chi connectivity index (χ2v) is 10.8. The SMILES string of the molecule is CN(Cc1cn(-c2ccccc2)nc1-c1ccccc1)C(=O)CN(C)S(=O)(=O)c1cccs1. The fourth-order valence-electron chi connectivity index (χ4n) is 3.38. The number of thiophene rings is 1. The molecule has 7 nitrogen and oxygen atoms in total. The van der Waals surface area contributed by atoms with Gasteiger partial charge in [0.05, 0.1) is 17.9 Å². The van der Waals surface area contributed by atoms with Gasteiger partial charge in [-0.2, -0.15) is 9.40 Å². The van der Waals surface area contributed by atoms with Crippen LogP contribution in [0.4, 0.5) is 0 Å². The van der Waals surface area contributed by atoms with Crippen molar-refractivity contribution in [1.82, 2.24) is 19.0 Å². The molecule has 2 aromatic heterocycles. The third-order valence-corrected chi connectivity index (χ3v) is 8.39. The summed E-state index contributed by atoms with van der Waals surface area (Å²) in [5, 5.41) is 6.47. The third kappa shape index (κ3) is 5.05. The molecule has 0 aliphatic carbocycles. The number of carbonyl (C=O) groups is 1. The molecule has 2 aromatic carbocycles. The van der Waals surface area contributed by atoms with Gasteiger partial charge in [-0.1, -0.05) is 54.6 Å². The number of amides is 1. The van der Waals surface area contributed by atoms with Crippen molar-refractivity contribution >= 4 is 27.3 Å². The molecule has 0 radical (unpaired) electrons. The molecule has 33 heavy (non-hydrogen) atoms. The molecule has 2 heterocycles. The van der Waals surface area contributed by atoms with Crippen LogP contribution in [0.1, 0.15) is 5.56 Å². The molecule has 0 bridgehead atoms. The molecule has 4 rings (SSSR count). The van der Waals surface area contributed by atoms with E-state index in [1.54, 1.807) is 23.2 Å². The molecule has 0 aliphatic rings. The Morgan fingerprint density at radius 2 is 1.64 bits per heavy atom. The molecule has 0 unspecified atom stereocenters. The highest BCUT2D eigenvalue weighted by Crippen LogP contribution is 2.25. The number of para-hydroxylation sites is 1. The minimum Gasteiger partial charge on any atom is -0.340 e. The van der Waals surface area contributed by atoms with E-state index in [1.165, 1.54) is 18.0 Å². The second kappa shape index (κ2) is 9.70. The maximum atomic E-state index is 12.9. The molecular formula is C24H24N4O3S2. The van der Waals surface area contributed by atoms with E-state index in [0.717, 1.165) is 38.2 Å². The van der Waals surface area contributed by atoms with Crippen LogP contribution >= 0.6 is 11.3 Å². The molecule has 170 valence electrons. The van der Waals surface area contributed by atoms with Crippen molar-refractivity contribution in [1.29, 1.82) is 0 Å². The fraction of sp³-hybridized carbons (Fsp3) is 0.167. The molecule has 0 spiro atoms. The Kier molecular flexibility index (Phi) is 6.73. The quantitative estimate of drug-likeness (QED) is 0.384. The topological polar surface area (TPSA) is 75.5 Å². The normalized spacial score (nSPS) is 11.6. The number of nitrogens with zero attached hydrogens (tertiary/aromatic N) is 4. The average Bonchev–Trinajstić information content (AvgIpc) is 3.51. The highest BCUT2D eigenvalue weighted by Gasteiger charge is 2.25. The van der Waals surface area contributed by atoms with E-state index in [4.69, 9.17) is 5.10 Å². The lowest BCUT2D eigenvalue weighted by Gasteiger charge is -2.21. The minimum atomic E-state index is -3.69. The fourth-order valence-corrected chi connectivity index (χ4v) is 5.70.